The minimum absolute atomic E-state index is 0.0963. The number of nitrogens with zero attached hydrogens (tertiary/aromatic N) is 3. The molecule has 2 aromatic heterocycles. The Kier molecular flexibility index (Phi) is 4.64. The number of likely N-dealkylation sites (N-methyl/N-ethyl adjacent to an activating group) is 1. The molecule has 118 valence electrons. The van der Waals surface area contributed by atoms with Gasteiger partial charge in [0.15, 0.2) is 0 Å². The van der Waals surface area contributed by atoms with E-state index < -0.39 is 0 Å². The molecule has 0 spiro atoms. The molecule has 0 saturated carbocycles. The van der Waals surface area contributed by atoms with E-state index in [1.54, 1.807) is 35.9 Å². The molecular formula is C17H18N4OS. The highest BCUT2D eigenvalue weighted by molar-refractivity contribution is 7.10. The van der Waals surface area contributed by atoms with Crippen LogP contribution >= 0.6 is 11.3 Å². The summed E-state index contributed by atoms with van der Waals surface area (Å²) in [5.41, 5.74) is 2.11. The van der Waals surface area contributed by atoms with Gasteiger partial charge in [0.1, 0.15) is 0 Å². The summed E-state index contributed by atoms with van der Waals surface area (Å²) in [6.07, 6.45) is 3.27. The topological polar surface area (TPSA) is 58.1 Å². The smallest absolute Gasteiger partial charge is 0.251 e. The number of carbonyl (C=O) groups excluding carboxylic acids is 1. The summed E-state index contributed by atoms with van der Waals surface area (Å²) < 4.78 is 0. The third kappa shape index (κ3) is 3.55. The number of hydrogen-bond acceptors (Lipinski definition) is 5. The molecule has 1 aromatic carbocycles. The fraction of sp³-hybridized carbons (Fsp3) is 0.235. The highest BCUT2D eigenvalue weighted by Crippen LogP contribution is 2.22. The number of rotatable bonds is 5. The molecule has 0 unspecified atom stereocenters. The maximum absolute atomic E-state index is 12.4. The van der Waals surface area contributed by atoms with E-state index in [0.717, 1.165) is 11.0 Å². The lowest BCUT2D eigenvalue weighted by Crippen LogP contribution is -2.34. The highest BCUT2D eigenvalue weighted by atomic mass is 32.1. The minimum atomic E-state index is -0.0963. The van der Waals surface area contributed by atoms with Crippen LogP contribution in [0.15, 0.2) is 48.1 Å². The predicted octanol–water partition coefficient (Wildman–Crippen LogP) is 2.72. The molecule has 5 nitrogen and oxygen atoms in total. The van der Waals surface area contributed by atoms with E-state index in [0.29, 0.717) is 12.1 Å². The zero-order valence-electron chi connectivity index (χ0n) is 13.1. The molecule has 6 heteroatoms. The summed E-state index contributed by atoms with van der Waals surface area (Å²) in [7, 11) is 4.03. The van der Waals surface area contributed by atoms with Crippen LogP contribution in [-0.2, 0) is 0 Å². The van der Waals surface area contributed by atoms with Crippen LogP contribution in [-0.4, -0.2) is 41.4 Å². The van der Waals surface area contributed by atoms with Crippen LogP contribution in [0.5, 0.6) is 0 Å². The van der Waals surface area contributed by atoms with E-state index >= 15 is 0 Å². The van der Waals surface area contributed by atoms with Gasteiger partial charge in [-0.15, -0.1) is 11.3 Å². The molecule has 1 atom stereocenters. The summed E-state index contributed by atoms with van der Waals surface area (Å²) in [6.45, 7) is 0.560. The van der Waals surface area contributed by atoms with Crippen LogP contribution in [0.1, 0.15) is 21.3 Å². The third-order valence-electron chi connectivity index (χ3n) is 3.68. The lowest BCUT2D eigenvalue weighted by molar-refractivity contribution is 0.0942. The van der Waals surface area contributed by atoms with Gasteiger partial charge in [0.25, 0.3) is 5.91 Å². The van der Waals surface area contributed by atoms with Crippen molar-refractivity contribution in [2.45, 2.75) is 6.04 Å². The zero-order valence-corrected chi connectivity index (χ0v) is 13.9. The van der Waals surface area contributed by atoms with Crippen molar-refractivity contribution in [2.24, 2.45) is 0 Å². The number of fused-ring (bicyclic) bond motifs is 1. The summed E-state index contributed by atoms with van der Waals surface area (Å²) in [6, 6.07) is 9.66. The summed E-state index contributed by atoms with van der Waals surface area (Å²) in [5, 5.41) is 5.06. The summed E-state index contributed by atoms with van der Waals surface area (Å²) >= 11 is 1.70. The standard InChI is InChI=1S/C17H18N4OS/c1-21(2)15(16-4-3-9-23-16)11-20-17(22)12-5-6-13-14(10-12)19-8-7-18-13/h3-10,15H,11H2,1-2H3,(H,20,22)/t15-/m1/s1. The van der Waals surface area contributed by atoms with Crippen LogP contribution < -0.4 is 5.32 Å². The fourth-order valence-corrected chi connectivity index (χ4v) is 3.34. The Hall–Kier alpha value is -2.31. The molecule has 0 radical (unpaired) electrons. The van der Waals surface area contributed by atoms with E-state index in [2.05, 4.69) is 31.6 Å². The van der Waals surface area contributed by atoms with E-state index in [1.807, 2.05) is 26.2 Å². The summed E-state index contributed by atoms with van der Waals surface area (Å²) in [5.74, 6) is -0.0963. The summed E-state index contributed by atoms with van der Waals surface area (Å²) in [4.78, 5) is 24.2. The molecule has 1 amide bonds. The van der Waals surface area contributed by atoms with Gasteiger partial charge in [-0.2, -0.15) is 0 Å². The van der Waals surface area contributed by atoms with Crippen LogP contribution in [0.4, 0.5) is 0 Å². The first-order valence-corrected chi connectivity index (χ1v) is 8.22. The quantitative estimate of drug-likeness (QED) is 0.783. The molecular weight excluding hydrogens is 308 g/mol. The Morgan fingerprint density at radius 1 is 1.22 bits per heavy atom. The molecule has 23 heavy (non-hydrogen) atoms. The number of carbonyl (C=O) groups is 1. The van der Waals surface area contributed by atoms with Gasteiger partial charge in [0, 0.05) is 29.4 Å². The average Bonchev–Trinajstić information content (AvgIpc) is 3.08. The monoisotopic (exact) mass is 326 g/mol. The Morgan fingerprint density at radius 2 is 2.00 bits per heavy atom. The first-order valence-electron chi connectivity index (χ1n) is 7.34. The lowest BCUT2D eigenvalue weighted by Gasteiger charge is -2.23. The third-order valence-corrected chi connectivity index (χ3v) is 4.66. The van der Waals surface area contributed by atoms with Gasteiger partial charge in [-0.05, 0) is 43.7 Å². The van der Waals surface area contributed by atoms with Gasteiger partial charge in [-0.3, -0.25) is 14.8 Å². The van der Waals surface area contributed by atoms with E-state index in [9.17, 15) is 4.79 Å². The second-order valence-corrected chi connectivity index (χ2v) is 6.44. The maximum Gasteiger partial charge on any atom is 0.251 e. The highest BCUT2D eigenvalue weighted by Gasteiger charge is 2.17. The molecule has 0 aliphatic heterocycles. The second kappa shape index (κ2) is 6.85. The van der Waals surface area contributed by atoms with Gasteiger partial charge < -0.3 is 10.2 Å². The number of amides is 1. The van der Waals surface area contributed by atoms with E-state index in [-0.39, 0.29) is 11.9 Å². The Morgan fingerprint density at radius 3 is 2.70 bits per heavy atom. The van der Waals surface area contributed by atoms with Crippen molar-refractivity contribution in [3.8, 4) is 0 Å². The molecule has 0 fully saturated rings. The molecule has 3 aromatic rings. The second-order valence-electron chi connectivity index (χ2n) is 5.46. The molecule has 0 saturated heterocycles. The molecule has 3 rings (SSSR count). The number of hydrogen-bond donors (Lipinski definition) is 1. The van der Waals surface area contributed by atoms with Crippen LogP contribution in [0.3, 0.4) is 0 Å². The van der Waals surface area contributed by atoms with Crippen molar-refractivity contribution in [3.05, 3.63) is 58.5 Å². The van der Waals surface area contributed by atoms with Gasteiger partial charge >= 0.3 is 0 Å². The number of aromatic nitrogens is 2. The minimum Gasteiger partial charge on any atom is -0.350 e. The van der Waals surface area contributed by atoms with Crippen molar-refractivity contribution in [1.82, 2.24) is 20.2 Å². The number of thiophene rings is 1. The van der Waals surface area contributed by atoms with Crippen LogP contribution in [0, 0.1) is 0 Å². The van der Waals surface area contributed by atoms with Crippen molar-refractivity contribution in [3.63, 3.8) is 0 Å². The van der Waals surface area contributed by atoms with Gasteiger partial charge in [0.05, 0.1) is 17.1 Å². The van der Waals surface area contributed by atoms with Crippen molar-refractivity contribution >= 4 is 28.3 Å². The Balaban J connectivity index is 1.72. The van der Waals surface area contributed by atoms with Gasteiger partial charge in [-0.25, -0.2) is 0 Å². The first-order chi connectivity index (χ1) is 11.1. The first kappa shape index (κ1) is 15.6. The average molecular weight is 326 g/mol. The molecule has 1 N–H and O–H groups in total. The number of benzene rings is 1. The maximum atomic E-state index is 12.4. The SMILES string of the molecule is CN(C)[C@H](CNC(=O)c1ccc2nccnc2c1)c1cccs1. The normalized spacial score (nSPS) is 12.5. The van der Waals surface area contributed by atoms with E-state index in [1.165, 1.54) is 4.88 Å². The number of nitrogens with one attached hydrogen (secondary N) is 1. The molecule has 2 heterocycles. The molecule has 0 bridgehead atoms. The lowest BCUT2D eigenvalue weighted by atomic mass is 10.1. The molecule has 0 aliphatic carbocycles. The fourth-order valence-electron chi connectivity index (χ4n) is 2.41. The Bertz CT molecular complexity index is 801. The van der Waals surface area contributed by atoms with Gasteiger partial charge in [0.2, 0.25) is 0 Å². The largest absolute Gasteiger partial charge is 0.350 e. The van der Waals surface area contributed by atoms with Crippen molar-refractivity contribution in [2.75, 3.05) is 20.6 Å². The predicted molar refractivity (Wildman–Crippen MR) is 92.6 cm³/mol. The molecule has 0 aliphatic rings. The van der Waals surface area contributed by atoms with Crippen molar-refractivity contribution < 1.29 is 4.79 Å². The van der Waals surface area contributed by atoms with Gasteiger partial charge in [-0.1, -0.05) is 6.07 Å². The van der Waals surface area contributed by atoms with Crippen LogP contribution in [0.25, 0.3) is 11.0 Å². The van der Waals surface area contributed by atoms with E-state index in [4.69, 9.17) is 0 Å². The Labute approximate surface area is 139 Å². The van der Waals surface area contributed by atoms with Crippen molar-refractivity contribution in [1.29, 1.82) is 0 Å². The van der Waals surface area contributed by atoms with Crippen LogP contribution in [0.2, 0.25) is 0 Å². The zero-order chi connectivity index (χ0) is 16.2.